The Morgan fingerprint density at radius 3 is 2.71 bits per heavy atom. The number of anilines is 1. The number of methoxy groups -OCH3 is 1. The Morgan fingerprint density at radius 1 is 1.17 bits per heavy atom. The monoisotopic (exact) mass is 497 g/mol. The van der Waals surface area contributed by atoms with E-state index >= 15 is 0 Å². The first-order valence-corrected chi connectivity index (χ1v) is 11.3. The van der Waals surface area contributed by atoms with Crippen LogP contribution in [-0.4, -0.2) is 42.0 Å². The molecule has 0 aliphatic carbocycles. The van der Waals surface area contributed by atoms with Crippen LogP contribution in [0, 0.1) is 5.82 Å². The zero-order valence-electron chi connectivity index (χ0n) is 18.7. The van der Waals surface area contributed by atoms with Gasteiger partial charge in [-0.15, -0.1) is 11.3 Å². The van der Waals surface area contributed by atoms with E-state index < -0.39 is 29.9 Å². The van der Waals surface area contributed by atoms with Gasteiger partial charge in [-0.3, -0.25) is 9.59 Å². The fourth-order valence-electron chi connectivity index (χ4n) is 3.28. The van der Waals surface area contributed by atoms with E-state index in [0.717, 1.165) is 16.0 Å². The topological polar surface area (TPSA) is 109 Å². The number of nitrogens with one attached hydrogen (secondary N) is 1. The summed E-state index contributed by atoms with van der Waals surface area (Å²) in [6.45, 7) is 1.28. The van der Waals surface area contributed by atoms with Crippen molar-refractivity contribution >= 4 is 39.0 Å². The fraction of sp³-hybridized carbons (Fsp3) is 0.167. The molecule has 0 aliphatic heterocycles. The molecule has 1 amide bonds. The lowest BCUT2D eigenvalue weighted by Gasteiger charge is -2.11. The maximum Gasteiger partial charge on any atom is 0.359 e. The number of thiophene rings is 1. The summed E-state index contributed by atoms with van der Waals surface area (Å²) in [4.78, 5) is 38.6. The number of hydrogen-bond donors (Lipinski definition) is 1. The summed E-state index contributed by atoms with van der Waals surface area (Å²) in [7, 11) is 1.48. The molecule has 0 radical (unpaired) electrons. The van der Waals surface area contributed by atoms with Crippen LogP contribution in [-0.2, 0) is 9.53 Å². The van der Waals surface area contributed by atoms with Crippen molar-refractivity contribution in [1.29, 1.82) is 0 Å². The summed E-state index contributed by atoms with van der Waals surface area (Å²) in [5, 5.41) is 8.90. The minimum Gasteiger partial charge on any atom is -0.497 e. The molecule has 0 bridgehead atoms. The van der Waals surface area contributed by atoms with Gasteiger partial charge < -0.3 is 19.5 Å². The van der Waals surface area contributed by atoms with E-state index in [4.69, 9.17) is 14.2 Å². The highest BCUT2D eigenvalue weighted by atomic mass is 32.1. The largest absolute Gasteiger partial charge is 0.497 e. The Morgan fingerprint density at radius 2 is 1.97 bits per heavy atom. The first kappa shape index (κ1) is 23.9. The van der Waals surface area contributed by atoms with Gasteiger partial charge >= 0.3 is 5.97 Å². The van der Waals surface area contributed by atoms with E-state index in [2.05, 4.69) is 10.4 Å². The predicted molar refractivity (Wildman–Crippen MR) is 128 cm³/mol. The van der Waals surface area contributed by atoms with E-state index in [0.29, 0.717) is 11.4 Å². The summed E-state index contributed by atoms with van der Waals surface area (Å²) in [6.07, 6.45) is 0. The fourth-order valence-corrected chi connectivity index (χ4v) is 4.23. The van der Waals surface area contributed by atoms with Crippen molar-refractivity contribution in [3.63, 3.8) is 0 Å². The van der Waals surface area contributed by atoms with Crippen LogP contribution in [0.15, 0.2) is 58.7 Å². The van der Waals surface area contributed by atoms with Crippen LogP contribution >= 0.6 is 11.3 Å². The number of rotatable bonds is 8. The number of halogens is 1. The van der Waals surface area contributed by atoms with Crippen LogP contribution < -0.4 is 20.3 Å². The van der Waals surface area contributed by atoms with Crippen molar-refractivity contribution in [3.05, 3.63) is 75.8 Å². The van der Waals surface area contributed by atoms with E-state index in [1.807, 2.05) is 0 Å². The second kappa shape index (κ2) is 10.3. The van der Waals surface area contributed by atoms with Gasteiger partial charge in [0.2, 0.25) is 0 Å². The van der Waals surface area contributed by atoms with Gasteiger partial charge in [-0.25, -0.2) is 9.18 Å². The van der Waals surface area contributed by atoms with E-state index in [9.17, 15) is 18.8 Å². The van der Waals surface area contributed by atoms with Crippen molar-refractivity contribution < 1.29 is 28.2 Å². The van der Waals surface area contributed by atoms with E-state index in [1.165, 1.54) is 25.3 Å². The van der Waals surface area contributed by atoms with E-state index in [1.54, 1.807) is 42.6 Å². The average Bonchev–Trinajstić information content (AvgIpc) is 3.28. The number of carbonyl (C=O) groups excluding carboxylic acids is 2. The molecule has 4 rings (SSSR count). The first-order valence-electron chi connectivity index (χ1n) is 10.5. The lowest BCUT2D eigenvalue weighted by Crippen LogP contribution is -2.26. The lowest BCUT2D eigenvalue weighted by atomic mass is 10.2. The third-order valence-electron chi connectivity index (χ3n) is 4.87. The number of esters is 1. The predicted octanol–water partition coefficient (Wildman–Crippen LogP) is 3.79. The molecule has 1 N–H and O–H groups in total. The van der Waals surface area contributed by atoms with Crippen molar-refractivity contribution in [1.82, 2.24) is 9.78 Å². The molecule has 2 aromatic carbocycles. The summed E-state index contributed by atoms with van der Waals surface area (Å²) in [5.41, 5.74) is -0.287. The Balaban J connectivity index is 1.74. The molecule has 0 fully saturated rings. The molecule has 180 valence electrons. The van der Waals surface area contributed by atoms with Gasteiger partial charge in [0.25, 0.3) is 11.5 Å². The summed E-state index contributed by atoms with van der Waals surface area (Å²) >= 11 is 1.04. The Hall–Kier alpha value is -4.25. The Labute approximate surface area is 202 Å². The second-order valence-corrected chi connectivity index (χ2v) is 7.99. The average molecular weight is 498 g/mol. The third-order valence-corrected chi connectivity index (χ3v) is 5.76. The Bertz CT molecular complexity index is 1470. The van der Waals surface area contributed by atoms with Crippen molar-refractivity contribution in [2.45, 2.75) is 6.92 Å². The highest BCUT2D eigenvalue weighted by Crippen LogP contribution is 2.31. The van der Waals surface area contributed by atoms with Crippen molar-refractivity contribution in [2.75, 3.05) is 25.6 Å². The number of nitrogens with zero attached hydrogens (tertiary/aromatic N) is 2. The molecular formula is C24H20FN3O6S. The SMILES string of the molecule is CCOC(=O)c1nn(-c2cccc(OC)c2)c(=O)c2c(NC(=O)COc3ccccc3F)scc12. The van der Waals surface area contributed by atoms with Gasteiger partial charge in [0.1, 0.15) is 10.8 Å². The molecule has 35 heavy (non-hydrogen) atoms. The first-order chi connectivity index (χ1) is 16.9. The molecule has 9 nitrogen and oxygen atoms in total. The second-order valence-electron chi connectivity index (χ2n) is 7.11. The molecular weight excluding hydrogens is 477 g/mol. The third kappa shape index (κ3) is 4.99. The van der Waals surface area contributed by atoms with Crippen molar-refractivity contribution in [3.8, 4) is 17.2 Å². The van der Waals surface area contributed by atoms with E-state index in [-0.39, 0.29) is 33.8 Å². The van der Waals surface area contributed by atoms with Crippen LogP contribution in [0.25, 0.3) is 16.5 Å². The lowest BCUT2D eigenvalue weighted by molar-refractivity contribution is -0.118. The van der Waals surface area contributed by atoms with Gasteiger partial charge in [0, 0.05) is 16.8 Å². The maximum atomic E-state index is 13.8. The molecule has 0 saturated carbocycles. The van der Waals surface area contributed by atoms with Gasteiger partial charge in [-0.1, -0.05) is 18.2 Å². The van der Waals surface area contributed by atoms with Crippen LogP contribution in [0.3, 0.4) is 0 Å². The van der Waals surface area contributed by atoms with Crippen molar-refractivity contribution in [2.24, 2.45) is 0 Å². The van der Waals surface area contributed by atoms with Crippen LogP contribution in [0.2, 0.25) is 0 Å². The van der Waals surface area contributed by atoms with Crippen LogP contribution in [0.5, 0.6) is 11.5 Å². The zero-order chi connectivity index (χ0) is 24.9. The summed E-state index contributed by atoms with van der Waals surface area (Å²) in [5.74, 6) is -1.52. The van der Waals surface area contributed by atoms with Crippen LogP contribution in [0.4, 0.5) is 9.39 Å². The minimum atomic E-state index is -0.715. The number of ether oxygens (including phenoxy) is 3. The highest BCUT2D eigenvalue weighted by Gasteiger charge is 2.23. The molecule has 4 aromatic rings. The number of carbonyl (C=O) groups is 2. The Kier molecular flexibility index (Phi) is 7.06. The standard InChI is InChI=1S/C24H20FN3O6S/c1-3-33-24(31)21-16-13-35-22(26-19(29)12-34-18-10-5-4-9-17(18)25)20(16)23(30)28(27-21)14-7-6-8-15(11-14)32-2/h4-11,13H,3,12H2,1-2H3,(H,26,29). The molecule has 0 aliphatic rings. The number of amides is 1. The van der Waals surface area contributed by atoms with Gasteiger partial charge in [-0.05, 0) is 31.2 Å². The molecule has 11 heteroatoms. The molecule has 2 aromatic heterocycles. The number of para-hydroxylation sites is 1. The summed E-state index contributed by atoms with van der Waals surface area (Å²) < 4.78 is 30.4. The highest BCUT2D eigenvalue weighted by molar-refractivity contribution is 7.16. The molecule has 0 spiro atoms. The normalized spacial score (nSPS) is 10.7. The maximum absolute atomic E-state index is 13.8. The molecule has 0 saturated heterocycles. The number of benzene rings is 2. The van der Waals surface area contributed by atoms with Gasteiger partial charge in [0.15, 0.2) is 23.9 Å². The summed E-state index contributed by atoms with van der Waals surface area (Å²) in [6, 6.07) is 12.3. The smallest absolute Gasteiger partial charge is 0.359 e. The quantitative estimate of drug-likeness (QED) is 0.369. The molecule has 0 atom stereocenters. The van der Waals surface area contributed by atoms with Gasteiger partial charge in [0.05, 0.1) is 24.8 Å². The number of hydrogen-bond acceptors (Lipinski definition) is 8. The molecule has 0 unspecified atom stereocenters. The number of fused-ring (bicyclic) bond motifs is 1. The number of aromatic nitrogens is 2. The zero-order valence-corrected chi connectivity index (χ0v) is 19.6. The molecule has 2 heterocycles. The van der Waals surface area contributed by atoms with Gasteiger partial charge in [-0.2, -0.15) is 9.78 Å². The minimum absolute atomic E-state index is 0.0761. The van der Waals surface area contributed by atoms with Crippen LogP contribution in [0.1, 0.15) is 17.4 Å².